The molecule has 0 fully saturated rings. The molecule has 1 aliphatic rings. The molecule has 4 nitrogen and oxygen atoms in total. The number of thiophene rings is 2. The van der Waals surface area contributed by atoms with E-state index in [2.05, 4.69) is 6.07 Å². The highest BCUT2D eigenvalue weighted by atomic mass is 32.1. The Morgan fingerprint density at radius 1 is 1.30 bits per heavy atom. The zero-order chi connectivity index (χ0) is 14.1. The Morgan fingerprint density at radius 3 is 2.60 bits per heavy atom. The quantitative estimate of drug-likeness (QED) is 0.947. The van der Waals surface area contributed by atoms with Gasteiger partial charge in [0.15, 0.2) is 5.76 Å². The third-order valence-corrected chi connectivity index (χ3v) is 4.90. The van der Waals surface area contributed by atoms with Crippen LogP contribution >= 0.6 is 22.7 Å². The van der Waals surface area contributed by atoms with E-state index in [9.17, 15) is 10.1 Å². The Kier molecular flexibility index (Phi) is 3.30. The lowest BCUT2D eigenvalue weighted by atomic mass is 9.94. The van der Waals surface area contributed by atoms with Crippen LogP contribution in [0.4, 0.5) is 0 Å². The standard InChI is InChI=1S/C14H10N2O2S2/c15-7-8-11(14(16)17)13(10-4-2-6-20-10)18-12(8)9-3-1-5-19-9/h1-6,11,13H,(H2,16,17)/t11-,13+/m0/s1. The van der Waals surface area contributed by atoms with Crippen LogP contribution in [0.5, 0.6) is 0 Å². The van der Waals surface area contributed by atoms with Crippen molar-refractivity contribution in [1.29, 1.82) is 5.26 Å². The molecule has 1 amide bonds. The maximum atomic E-state index is 11.8. The molecule has 2 aromatic rings. The Labute approximate surface area is 123 Å². The van der Waals surface area contributed by atoms with Gasteiger partial charge in [-0.3, -0.25) is 4.79 Å². The van der Waals surface area contributed by atoms with Gasteiger partial charge in [0.25, 0.3) is 0 Å². The van der Waals surface area contributed by atoms with Gasteiger partial charge >= 0.3 is 0 Å². The van der Waals surface area contributed by atoms with E-state index in [-0.39, 0.29) is 0 Å². The van der Waals surface area contributed by atoms with Gasteiger partial charge in [-0.25, -0.2) is 0 Å². The molecule has 0 saturated heterocycles. The zero-order valence-corrected chi connectivity index (χ0v) is 11.9. The number of hydrogen-bond donors (Lipinski definition) is 1. The van der Waals surface area contributed by atoms with Crippen LogP contribution in [0.3, 0.4) is 0 Å². The van der Waals surface area contributed by atoms with Crippen LogP contribution < -0.4 is 5.73 Å². The van der Waals surface area contributed by atoms with Crippen molar-refractivity contribution in [1.82, 2.24) is 0 Å². The van der Waals surface area contributed by atoms with Gasteiger partial charge in [0.2, 0.25) is 5.91 Å². The van der Waals surface area contributed by atoms with Gasteiger partial charge in [0.1, 0.15) is 12.0 Å². The molecule has 1 aliphatic heterocycles. The van der Waals surface area contributed by atoms with Gasteiger partial charge in [0, 0.05) is 4.88 Å². The summed E-state index contributed by atoms with van der Waals surface area (Å²) >= 11 is 2.96. The first kappa shape index (κ1) is 12.9. The van der Waals surface area contributed by atoms with Gasteiger partial charge in [-0.15, -0.1) is 22.7 Å². The second kappa shape index (κ2) is 5.12. The number of nitrogens with two attached hydrogens (primary N) is 1. The van der Waals surface area contributed by atoms with Crippen LogP contribution in [0, 0.1) is 17.2 Å². The molecule has 20 heavy (non-hydrogen) atoms. The summed E-state index contributed by atoms with van der Waals surface area (Å²) in [5.41, 5.74) is 5.80. The highest BCUT2D eigenvalue weighted by Gasteiger charge is 2.43. The Morgan fingerprint density at radius 2 is 2.05 bits per heavy atom. The minimum absolute atomic E-state index is 0.318. The number of amides is 1. The van der Waals surface area contributed by atoms with Crippen LogP contribution in [0.2, 0.25) is 0 Å². The largest absolute Gasteiger partial charge is 0.481 e. The molecule has 2 atom stereocenters. The van der Waals surface area contributed by atoms with E-state index in [0.717, 1.165) is 9.75 Å². The van der Waals surface area contributed by atoms with Crippen LogP contribution in [-0.4, -0.2) is 5.91 Å². The fourth-order valence-electron chi connectivity index (χ4n) is 2.24. The minimum atomic E-state index is -0.726. The normalized spacial score (nSPS) is 21.6. The fraction of sp³-hybridized carbons (Fsp3) is 0.143. The van der Waals surface area contributed by atoms with Gasteiger partial charge in [0.05, 0.1) is 16.5 Å². The molecular weight excluding hydrogens is 292 g/mol. The highest BCUT2D eigenvalue weighted by molar-refractivity contribution is 7.11. The first-order valence-corrected chi connectivity index (χ1v) is 7.66. The topological polar surface area (TPSA) is 76.1 Å². The average Bonchev–Trinajstić information content (AvgIpc) is 3.16. The maximum Gasteiger partial charge on any atom is 0.230 e. The number of primary amides is 1. The fourth-order valence-corrected chi connectivity index (χ4v) is 3.75. The van der Waals surface area contributed by atoms with Crippen molar-refractivity contribution in [3.63, 3.8) is 0 Å². The molecule has 0 unspecified atom stereocenters. The number of rotatable bonds is 3. The molecule has 6 heteroatoms. The van der Waals surface area contributed by atoms with Gasteiger partial charge in [-0.05, 0) is 22.9 Å². The number of hydrogen-bond acceptors (Lipinski definition) is 5. The van der Waals surface area contributed by atoms with Gasteiger partial charge < -0.3 is 10.5 Å². The van der Waals surface area contributed by atoms with Crippen LogP contribution in [-0.2, 0) is 9.53 Å². The second-order valence-corrected chi connectivity index (χ2v) is 6.19. The summed E-state index contributed by atoms with van der Waals surface area (Å²) in [5, 5.41) is 13.2. The van der Waals surface area contributed by atoms with Crippen LogP contribution in [0.1, 0.15) is 15.9 Å². The predicted molar refractivity (Wildman–Crippen MR) is 77.7 cm³/mol. The zero-order valence-electron chi connectivity index (χ0n) is 10.3. The first-order valence-electron chi connectivity index (χ1n) is 5.90. The predicted octanol–water partition coefficient (Wildman–Crippen LogP) is 2.92. The minimum Gasteiger partial charge on any atom is -0.481 e. The monoisotopic (exact) mass is 302 g/mol. The summed E-state index contributed by atoms with van der Waals surface area (Å²) in [7, 11) is 0. The molecule has 2 N–H and O–H groups in total. The smallest absolute Gasteiger partial charge is 0.230 e. The SMILES string of the molecule is N#CC1=C(c2cccs2)O[C@H](c2cccs2)[C@H]1C(N)=O. The van der Waals surface area contributed by atoms with E-state index in [1.807, 2.05) is 35.0 Å². The van der Waals surface area contributed by atoms with E-state index in [1.165, 1.54) is 22.7 Å². The molecule has 2 aromatic heterocycles. The summed E-state index contributed by atoms with van der Waals surface area (Å²) in [4.78, 5) is 13.5. The van der Waals surface area contributed by atoms with Crippen molar-refractivity contribution in [3.05, 3.63) is 50.4 Å². The molecule has 0 aliphatic carbocycles. The number of carbonyl (C=O) groups excluding carboxylic acids is 1. The molecule has 0 radical (unpaired) electrons. The molecule has 0 aromatic carbocycles. The van der Waals surface area contributed by atoms with Crippen LogP contribution in [0.25, 0.3) is 5.76 Å². The lowest BCUT2D eigenvalue weighted by molar-refractivity contribution is -0.122. The lowest BCUT2D eigenvalue weighted by Gasteiger charge is -2.15. The number of nitriles is 1. The first-order chi connectivity index (χ1) is 9.72. The van der Waals surface area contributed by atoms with E-state index in [0.29, 0.717) is 11.3 Å². The molecule has 100 valence electrons. The van der Waals surface area contributed by atoms with E-state index >= 15 is 0 Å². The lowest BCUT2D eigenvalue weighted by Crippen LogP contribution is -2.27. The molecule has 0 saturated carbocycles. The second-order valence-electron chi connectivity index (χ2n) is 4.27. The van der Waals surface area contributed by atoms with Crippen molar-refractivity contribution >= 4 is 34.3 Å². The van der Waals surface area contributed by atoms with Crippen LogP contribution in [0.15, 0.2) is 40.6 Å². The highest BCUT2D eigenvalue weighted by Crippen LogP contribution is 2.46. The Bertz CT molecular complexity index is 696. The summed E-state index contributed by atoms with van der Waals surface area (Å²) < 4.78 is 5.90. The van der Waals surface area contributed by atoms with Crippen molar-refractivity contribution in [2.75, 3.05) is 0 Å². The Balaban J connectivity index is 2.08. The van der Waals surface area contributed by atoms with Crippen molar-refractivity contribution < 1.29 is 9.53 Å². The summed E-state index contributed by atoms with van der Waals surface area (Å²) in [5.74, 6) is -0.785. The molecule has 0 spiro atoms. The third kappa shape index (κ3) is 2.01. The van der Waals surface area contributed by atoms with E-state index in [1.54, 1.807) is 0 Å². The van der Waals surface area contributed by atoms with E-state index in [4.69, 9.17) is 10.5 Å². The third-order valence-electron chi connectivity index (χ3n) is 3.10. The van der Waals surface area contributed by atoms with E-state index < -0.39 is 17.9 Å². The van der Waals surface area contributed by atoms with Crippen molar-refractivity contribution in [2.24, 2.45) is 11.7 Å². The number of ether oxygens (including phenoxy) is 1. The van der Waals surface area contributed by atoms with Gasteiger partial charge in [-0.2, -0.15) is 5.26 Å². The van der Waals surface area contributed by atoms with Crippen molar-refractivity contribution in [3.8, 4) is 6.07 Å². The number of carbonyl (C=O) groups is 1. The summed E-state index contributed by atoms with van der Waals surface area (Å²) in [6.07, 6.45) is -0.501. The molecule has 0 bridgehead atoms. The molecule has 3 heterocycles. The summed E-state index contributed by atoms with van der Waals surface area (Å²) in [6.45, 7) is 0. The number of nitrogens with zero attached hydrogens (tertiary/aromatic N) is 1. The average molecular weight is 302 g/mol. The molecular formula is C14H10N2O2S2. The van der Waals surface area contributed by atoms with Crippen molar-refractivity contribution in [2.45, 2.75) is 6.10 Å². The van der Waals surface area contributed by atoms with Gasteiger partial charge in [-0.1, -0.05) is 12.1 Å². The summed E-state index contributed by atoms with van der Waals surface area (Å²) in [6, 6.07) is 9.61. The molecule has 3 rings (SSSR count). The Hall–Kier alpha value is -2.10. The maximum absolute atomic E-state index is 11.8.